The summed E-state index contributed by atoms with van der Waals surface area (Å²) in [5.41, 5.74) is 1.78. The summed E-state index contributed by atoms with van der Waals surface area (Å²) in [4.78, 5) is 16.4. The fourth-order valence-electron chi connectivity index (χ4n) is 2.58. The molecule has 0 unspecified atom stereocenters. The van der Waals surface area contributed by atoms with E-state index < -0.39 is 11.7 Å². The molecule has 0 aliphatic heterocycles. The Morgan fingerprint density at radius 2 is 1.92 bits per heavy atom. The minimum absolute atomic E-state index is 0.0256. The normalized spacial score (nSPS) is 11.7. The number of hydrogen-bond donors (Lipinski definition) is 1. The number of nitrogens with zero attached hydrogens (tertiary/aromatic N) is 3. The smallest absolute Gasteiger partial charge is 0.324 e. The maximum Gasteiger partial charge on any atom is 0.416 e. The number of benzene rings is 1. The highest BCUT2D eigenvalue weighted by Gasteiger charge is 2.29. The van der Waals surface area contributed by atoms with Gasteiger partial charge >= 0.3 is 6.18 Å². The van der Waals surface area contributed by atoms with E-state index in [4.69, 9.17) is 0 Å². The molecule has 0 bridgehead atoms. The molecule has 130 valence electrons. The molecule has 0 aliphatic rings. The number of nitrogens with one attached hydrogen (secondary N) is 1. The van der Waals surface area contributed by atoms with Gasteiger partial charge in [-0.3, -0.25) is 9.48 Å². The molecule has 2 heterocycles. The van der Waals surface area contributed by atoms with Crippen LogP contribution in [0.3, 0.4) is 0 Å². The van der Waals surface area contributed by atoms with Gasteiger partial charge in [-0.25, -0.2) is 4.98 Å². The SMILES string of the molecule is Cc1nn(C)c2ncc(NC(=O)Cc3ccc(C(F)(F)F)cc3)cc12. The largest absolute Gasteiger partial charge is 0.416 e. The van der Waals surface area contributed by atoms with Crippen molar-refractivity contribution in [2.75, 3.05) is 5.32 Å². The van der Waals surface area contributed by atoms with E-state index in [0.29, 0.717) is 16.9 Å². The molecule has 25 heavy (non-hydrogen) atoms. The van der Waals surface area contributed by atoms with Gasteiger partial charge in [-0.1, -0.05) is 12.1 Å². The van der Waals surface area contributed by atoms with Gasteiger partial charge < -0.3 is 5.32 Å². The van der Waals surface area contributed by atoms with E-state index in [1.54, 1.807) is 17.8 Å². The summed E-state index contributed by atoms with van der Waals surface area (Å²) in [5, 5.41) is 7.79. The average molecular weight is 348 g/mol. The molecule has 0 saturated heterocycles. The number of aryl methyl sites for hydroxylation is 2. The highest BCUT2D eigenvalue weighted by molar-refractivity contribution is 5.94. The lowest BCUT2D eigenvalue weighted by molar-refractivity contribution is -0.137. The van der Waals surface area contributed by atoms with Crippen LogP contribution in [0.4, 0.5) is 18.9 Å². The Kier molecular flexibility index (Phi) is 4.20. The maximum absolute atomic E-state index is 12.5. The fourth-order valence-corrected chi connectivity index (χ4v) is 2.58. The van der Waals surface area contributed by atoms with Gasteiger partial charge in [0.05, 0.1) is 29.6 Å². The average Bonchev–Trinajstić information content (AvgIpc) is 2.81. The van der Waals surface area contributed by atoms with Crippen molar-refractivity contribution in [3.63, 3.8) is 0 Å². The lowest BCUT2D eigenvalue weighted by Crippen LogP contribution is -2.15. The third-order valence-corrected chi connectivity index (χ3v) is 3.79. The number of amides is 1. The molecular weight excluding hydrogens is 333 g/mol. The summed E-state index contributed by atoms with van der Waals surface area (Å²) in [6, 6.07) is 6.31. The van der Waals surface area contributed by atoms with Crippen LogP contribution < -0.4 is 5.32 Å². The molecule has 3 rings (SSSR count). The van der Waals surface area contributed by atoms with Crippen LogP contribution in [0.15, 0.2) is 36.5 Å². The minimum atomic E-state index is -4.39. The minimum Gasteiger partial charge on any atom is -0.324 e. The van der Waals surface area contributed by atoms with Crippen LogP contribution in [0.5, 0.6) is 0 Å². The Hall–Kier alpha value is -2.90. The zero-order chi connectivity index (χ0) is 18.2. The van der Waals surface area contributed by atoms with Crippen LogP contribution in [-0.2, 0) is 24.4 Å². The monoisotopic (exact) mass is 348 g/mol. The number of pyridine rings is 1. The second-order valence-corrected chi connectivity index (χ2v) is 5.72. The maximum atomic E-state index is 12.5. The Morgan fingerprint density at radius 1 is 1.24 bits per heavy atom. The molecule has 1 amide bonds. The number of carbonyl (C=O) groups excluding carboxylic acids is 1. The van der Waals surface area contributed by atoms with Gasteiger partial charge in [0.2, 0.25) is 5.91 Å². The number of alkyl halides is 3. The molecule has 0 atom stereocenters. The molecule has 2 aromatic heterocycles. The highest BCUT2D eigenvalue weighted by Crippen LogP contribution is 2.29. The van der Waals surface area contributed by atoms with Gasteiger partial charge in [0, 0.05) is 12.4 Å². The molecule has 3 aromatic rings. The third-order valence-electron chi connectivity index (χ3n) is 3.79. The molecule has 0 radical (unpaired) electrons. The summed E-state index contributed by atoms with van der Waals surface area (Å²) in [6.45, 7) is 1.85. The van der Waals surface area contributed by atoms with E-state index in [2.05, 4.69) is 15.4 Å². The molecule has 5 nitrogen and oxygen atoms in total. The molecule has 0 saturated carbocycles. The summed E-state index contributed by atoms with van der Waals surface area (Å²) in [7, 11) is 1.78. The van der Waals surface area contributed by atoms with Crippen molar-refractivity contribution >= 4 is 22.6 Å². The summed E-state index contributed by atoms with van der Waals surface area (Å²) in [6.07, 6.45) is -2.89. The number of aromatic nitrogens is 3. The van der Waals surface area contributed by atoms with Crippen molar-refractivity contribution < 1.29 is 18.0 Å². The number of anilines is 1. The molecule has 0 spiro atoms. The third kappa shape index (κ3) is 3.62. The van der Waals surface area contributed by atoms with Crippen LogP contribution in [0.1, 0.15) is 16.8 Å². The van der Waals surface area contributed by atoms with Crippen LogP contribution >= 0.6 is 0 Å². The number of hydrogen-bond acceptors (Lipinski definition) is 3. The Morgan fingerprint density at radius 3 is 2.56 bits per heavy atom. The highest BCUT2D eigenvalue weighted by atomic mass is 19.4. The number of carbonyl (C=O) groups is 1. The molecule has 0 aliphatic carbocycles. The van der Waals surface area contributed by atoms with Crippen LogP contribution in [-0.4, -0.2) is 20.7 Å². The lowest BCUT2D eigenvalue weighted by atomic mass is 10.1. The van der Waals surface area contributed by atoms with Crippen molar-refractivity contribution in [3.05, 3.63) is 53.3 Å². The number of rotatable bonds is 3. The molecule has 1 aromatic carbocycles. The van der Waals surface area contributed by atoms with Gasteiger partial charge in [-0.05, 0) is 30.7 Å². The quantitative estimate of drug-likeness (QED) is 0.788. The van der Waals surface area contributed by atoms with Gasteiger partial charge in [-0.15, -0.1) is 0 Å². The molecule has 8 heteroatoms. The van der Waals surface area contributed by atoms with Crippen molar-refractivity contribution in [1.82, 2.24) is 14.8 Å². The first-order valence-corrected chi connectivity index (χ1v) is 7.49. The van der Waals surface area contributed by atoms with E-state index in [-0.39, 0.29) is 12.3 Å². The van der Waals surface area contributed by atoms with E-state index >= 15 is 0 Å². The zero-order valence-electron chi connectivity index (χ0n) is 13.6. The first-order chi connectivity index (χ1) is 11.7. The van der Waals surface area contributed by atoms with Gasteiger partial charge in [-0.2, -0.15) is 18.3 Å². The van der Waals surface area contributed by atoms with Crippen molar-refractivity contribution in [2.24, 2.45) is 7.05 Å². The van der Waals surface area contributed by atoms with E-state index in [0.717, 1.165) is 23.2 Å². The van der Waals surface area contributed by atoms with Gasteiger partial charge in [0.25, 0.3) is 0 Å². The Bertz CT molecular complexity index is 929. The molecular formula is C17H15F3N4O. The van der Waals surface area contributed by atoms with Gasteiger partial charge in [0.15, 0.2) is 5.65 Å². The van der Waals surface area contributed by atoms with E-state index in [1.165, 1.54) is 18.3 Å². The van der Waals surface area contributed by atoms with Gasteiger partial charge in [0.1, 0.15) is 0 Å². The summed E-state index contributed by atoms with van der Waals surface area (Å²) in [5.74, 6) is -0.331. The topological polar surface area (TPSA) is 59.8 Å². The first-order valence-electron chi connectivity index (χ1n) is 7.49. The van der Waals surface area contributed by atoms with Crippen molar-refractivity contribution in [1.29, 1.82) is 0 Å². The van der Waals surface area contributed by atoms with Crippen LogP contribution in [0.25, 0.3) is 11.0 Å². The predicted octanol–water partition coefficient (Wildman–Crippen LogP) is 3.48. The van der Waals surface area contributed by atoms with Crippen molar-refractivity contribution in [3.8, 4) is 0 Å². The van der Waals surface area contributed by atoms with Crippen LogP contribution in [0.2, 0.25) is 0 Å². The Labute approximate surface area is 141 Å². The van der Waals surface area contributed by atoms with E-state index in [1.807, 2.05) is 6.92 Å². The number of halogens is 3. The second-order valence-electron chi connectivity index (χ2n) is 5.72. The first kappa shape index (κ1) is 16.9. The predicted molar refractivity (Wildman–Crippen MR) is 87.0 cm³/mol. The molecule has 0 fully saturated rings. The zero-order valence-corrected chi connectivity index (χ0v) is 13.6. The van der Waals surface area contributed by atoms with E-state index in [9.17, 15) is 18.0 Å². The van der Waals surface area contributed by atoms with Crippen LogP contribution in [0, 0.1) is 6.92 Å². The Balaban J connectivity index is 1.71. The van der Waals surface area contributed by atoms with Crippen molar-refractivity contribution in [2.45, 2.75) is 19.5 Å². The summed E-state index contributed by atoms with van der Waals surface area (Å²) >= 11 is 0. The fraction of sp³-hybridized carbons (Fsp3) is 0.235. The lowest BCUT2D eigenvalue weighted by Gasteiger charge is -2.08. The summed E-state index contributed by atoms with van der Waals surface area (Å²) < 4.78 is 39.3. The number of fused-ring (bicyclic) bond motifs is 1. The standard InChI is InChI=1S/C17H15F3N4O/c1-10-14-8-13(9-21-16(14)24(2)23-10)22-15(25)7-11-3-5-12(6-4-11)17(18,19)20/h3-6,8-9H,7H2,1-2H3,(H,22,25). The molecule has 1 N–H and O–H groups in total. The second kappa shape index (κ2) is 6.19.